The zero-order valence-corrected chi connectivity index (χ0v) is 16.3. The number of hydrogen-bond donors (Lipinski definition) is 0. The van der Waals surface area contributed by atoms with Crippen LogP contribution in [0.15, 0.2) is 90.4 Å². The molecular weight excluding hydrogens is 383 g/mol. The summed E-state index contributed by atoms with van der Waals surface area (Å²) < 4.78 is 27.3. The van der Waals surface area contributed by atoms with E-state index < -0.39 is 6.04 Å². The minimum atomic E-state index is -0.435. The Bertz CT molecular complexity index is 1090. The normalized spacial score (nSPS) is 20.4. The Kier molecular flexibility index (Phi) is 4.75. The van der Waals surface area contributed by atoms with Gasteiger partial charge in [-0.2, -0.15) is 0 Å². The van der Waals surface area contributed by atoms with Crippen molar-refractivity contribution in [3.63, 3.8) is 0 Å². The smallest absolute Gasteiger partial charge is 0.254 e. The van der Waals surface area contributed by atoms with Gasteiger partial charge in [-0.05, 0) is 54.8 Å². The first-order chi connectivity index (χ1) is 14.7. The predicted molar refractivity (Wildman–Crippen MR) is 109 cm³/mol. The molecule has 1 amide bonds. The van der Waals surface area contributed by atoms with Gasteiger partial charge in [0, 0.05) is 30.5 Å². The number of ether oxygens (including phenoxy) is 2. The standard InChI is InChI=1S/C24H21FN2O3/c25-19-10-8-18(9-11-19)24(28)27-14-13-26-12-4-7-20(26)23(27)22-16-29-15-21(30-22)17-5-2-1-3-6-17/h1-2,4-5,7-12,15-16,23H,3,6,13-14H2. The van der Waals surface area contributed by atoms with Crippen LogP contribution in [0.1, 0.15) is 34.9 Å². The lowest BCUT2D eigenvalue weighted by atomic mass is 10.0. The van der Waals surface area contributed by atoms with Crippen LogP contribution < -0.4 is 0 Å². The molecule has 0 fully saturated rings. The van der Waals surface area contributed by atoms with E-state index in [2.05, 4.69) is 10.6 Å². The molecular formula is C24H21FN2O3. The van der Waals surface area contributed by atoms with Gasteiger partial charge in [0.2, 0.25) is 0 Å². The number of carbonyl (C=O) groups is 1. The van der Waals surface area contributed by atoms with Gasteiger partial charge in [-0.25, -0.2) is 4.39 Å². The number of rotatable bonds is 3. The highest BCUT2D eigenvalue weighted by Crippen LogP contribution is 2.38. The van der Waals surface area contributed by atoms with Crippen LogP contribution in [0.2, 0.25) is 0 Å². The molecule has 1 aliphatic carbocycles. The molecule has 0 radical (unpaired) electrons. The third-order valence-electron chi connectivity index (χ3n) is 5.58. The van der Waals surface area contributed by atoms with Crippen LogP contribution in [0.25, 0.3) is 0 Å². The summed E-state index contributed by atoms with van der Waals surface area (Å²) in [7, 11) is 0. The van der Waals surface area contributed by atoms with Crippen molar-refractivity contribution in [1.82, 2.24) is 9.47 Å². The Labute approximate surface area is 174 Å². The van der Waals surface area contributed by atoms with Gasteiger partial charge < -0.3 is 18.9 Å². The van der Waals surface area contributed by atoms with E-state index in [1.54, 1.807) is 17.4 Å². The van der Waals surface area contributed by atoms with E-state index in [-0.39, 0.29) is 11.7 Å². The largest absolute Gasteiger partial charge is 0.465 e. The maximum absolute atomic E-state index is 13.3. The van der Waals surface area contributed by atoms with Crippen LogP contribution in [-0.4, -0.2) is 21.9 Å². The number of aromatic nitrogens is 1. The molecule has 2 aromatic rings. The van der Waals surface area contributed by atoms with E-state index in [1.807, 2.05) is 30.5 Å². The highest BCUT2D eigenvalue weighted by atomic mass is 19.1. The minimum Gasteiger partial charge on any atom is -0.465 e. The highest BCUT2D eigenvalue weighted by Gasteiger charge is 2.37. The lowest BCUT2D eigenvalue weighted by molar-refractivity contribution is 0.0571. The number of amides is 1. The molecule has 0 bridgehead atoms. The molecule has 0 saturated heterocycles. The fraction of sp³-hybridized carbons (Fsp3) is 0.208. The zero-order chi connectivity index (χ0) is 20.5. The summed E-state index contributed by atoms with van der Waals surface area (Å²) in [5.41, 5.74) is 2.45. The molecule has 0 spiro atoms. The van der Waals surface area contributed by atoms with Gasteiger partial charge in [-0.3, -0.25) is 4.79 Å². The van der Waals surface area contributed by atoms with Crippen molar-refractivity contribution >= 4 is 5.91 Å². The third-order valence-corrected chi connectivity index (χ3v) is 5.58. The molecule has 6 heteroatoms. The van der Waals surface area contributed by atoms with Crippen molar-refractivity contribution in [3.05, 3.63) is 108 Å². The number of carbonyl (C=O) groups excluding carboxylic acids is 1. The number of nitrogens with zero attached hydrogens (tertiary/aromatic N) is 2. The fourth-order valence-corrected chi connectivity index (χ4v) is 4.07. The first-order valence-electron chi connectivity index (χ1n) is 10.0. The maximum Gasteiger partial charge on any atom is 0.254 e. The molecule has 3 aliphatic rings. The van der Waals surface area contributed by atoms with Crippen LogP contribution in [-0.2, 0) is 16.0 Å². The average molecular weight is 404 g/mol. The molecule has 1 atom stereocenters. The van der Waals surface area contributed by atoms with Gasteiger partial charge in [-0.1, -0.05) is 18.2 Å². The van der Waals surface area contributed by atoms with Crippen molar-refractivity contribution in [2.45, 2.75) is 25.4 Å². The lowest BCUT2D eigenvalue weighted by Gasteiger charge is -2.38. The van der Waals surface area contributed by atoms with E-state index in [9.17, 15) is 9.18 Å². The van der Waals surface area contributed by atoms with Gasteiger partial charge in [0.05, 0.1) is 0 Å². The Morgan fingerprint density at radius 2 is 1.97 bits per heavy atom. The van der Waals surface area contributed by atoms with Gasteiger partial charge in [0.15, 0.2) is 11.5 Å². The summed E-state index contributed by atoms with van der Waals surface area (Å²) >= 11 is 0. The Morgan fingerprint density at radius 1 is 1.10 bits per heavy atom. The van der Waals surface area contributed by atoms with Gasteiger partial charge in [0.25, 0.3) is 5.91 Å². The Hall–Kier alpha value is -3.54. The van der Waals surface area contributed by atoms with Crippen LogP contribution in [0.4, 0.5) is 4.39 Å². The quantitative estimate of drug-likeness (QED) is 0.736. The molecule has 3 heterocycles. The Balaban J connectivity index is 1.48. The van der Waals surface area contributed by atoms with Crippen LogP contribution in [0.3, 0.4) is 0 Å². The fourth-order valence-electron chi connectivity index (χ4n) is 4.07. The van der Waals surface area contributed by atoms with Gasteiger partial charge in [-0.15, -0.1) is 0 Å². The monoisotopic (exact) mass is 404 g/mol. The number of benzene rings is 1. The first-order valence-corrected chi connectivity index (χ1v) is 10.0. The van der Waals surface area contributed by atoms with E-state index in [0.29, 0.717) is 30.2 Å². The van der Waals surface area contributed by atoms with Crippen molar-refractivity contribution in [1.29, 1.82) is 0 Å². The summed E-state index contributed by atoms with van der Waals surface area (Å²) in [4.78, 5) is 15.1. The number of halogens is 1. The molecule has 1 unspecified atom stereocenters. The van der Waals surface area contributed by atoms with Crippen LogP contribution in [0.5, 0.6) is 0 Å². The van der Waals surface area contributed by atoms with Gasteiger partial charge >= 0.3 is 0 Å². The second-order valence-corrected chi connectivity index (χ2v) is 7.43. The summed E-state index contributed by atoms with van der Waals surface area (Å²) in [5.74, 6) is 0.674. The number of hydrogen-bond acceptors (Lipinski definition) is 3. The van der Waals surface area contributed by atoms with Crippen molar-refractivity contribution in [3.8, 4) is 0 Å². The summed E-state index contributed by atoms with van der Waals surface area (Å²) in [6.45, 7) is 1.19. The molecule has 5 rings (SSSR count). The van der Waals surface area contributed by atoms with E-state index in [4.69, 9.17) is 9.47 Å². The maximum atomic E-state index is 13.3. The molecule has 1 aromatic heterocycles. The molecule has 0 saturated carbocycles. The highest BCUT2D eigenvalue weighted by molar-refractivity contribution is 5.94. The van der Waals surface area contributed by atoms with Crippen molar-refractivity contribution < 1.29 is 18.7 Å². The molecule has 1 aromatic carbocycles. The van der Waals surface area contributed by atoms with Gasteiger partial charge in [0.1, 0.15) is 24.4 Å². The predicted octanol–water partition coefficient (Wildman–Crippen LogP) is 4.83. The zero-order valence-electron chi connectivity index (χ0n) is 16.3. The third kappa shape index (κ3) is 3.34. The van der Waals surface area contributed by atoms with Crippen LogP contribution in [0, 0.1) is 5.82 Å². The summed E-state index contributed by atoms with van der Waals surface area (Å²) in [6, 6.07) is 9.15. The molecule has 152 valence electrons. The molecule has 2 aliphatic heterocycles. The Morgan fingerprint density at radius 3 is 2.77 bits per heavy atom. The van der Waals surface area contributed by atoms with E-state index in [0.717, 1.165) is 24.1 Å². The molecule has 30 heavy (non-hydrogen) atoms. The topological polar surface area (TPSA) is 43.7 Å². The van der Waals surface area contributed by atoms with E-state index in [1.165, 1.54) is 24.3 Å². The average Bonchev–Trinajstić information content (AvgIpc) is 3.28. The van der Waals surface area contributed by atoms with Crippen molar-refractivity contribution in [2.75, 3.05) is 6.54 Å². The SMILES string of the molecule is O=C(c1ccc(F)cc1)N1CCn2cccc2C1C1=COC=C(C2=CC=CCC2)O1. The minimum absolute atomic E-state index is 0.173. The molecule has 5 nitrogen and oxygen atoms in total. The summed E-state index contributed by atoms with van der Waals surface area (Å²) in [6.07, 6.45) is 13.1. The number of allylic oxidation sites excluding steroid dienone is 4. The van der Waals surface area contributed by atoms with Crippen LogP contribution >= 0.6 is 0 Å². The first kappa shape index (κ1) is 18.5. The molecule has 0 N–H and O–H groups in total. The van der Waals surface area contributed by atoms with Crippen molar-refractivity contribution in [2.24, 2.45) is 0 Å². The summed E-state index contributed by atoms with van der Waals surface area (Å²) in [5, 5.41) is 0. The second-order valence-electron chi connectivity index (χ2n) is 7.43. The second kappa shape index (κ2) is 7.71. The lowest BCUT2D eigenvalue weighted by Crippen LogP contribution is -2.43. The number of fused-ring (bicyclic) bond motifs is 1. The van der Waals surface area contributed by atoms with E-state index >= 15 is 0 Å².